The second-order valence-electron chi connectivity index (χ2n) is 3.49. The minimum Gasteiger partial charge on any atom is -0.461 e. The molecule has 2 rings (SSSR count). The van der Waals surface area contributed by atoms with Crippen molar-refractivity contribution in [3.63, 3.8) is 0 Å². The Bertz CT molecular complexity index is 429. The Kier molecular flexibility index (Phi) is 4.22. The van der Waals surface area contributed by atoms with E-state index in [2.05, 4.69) is 13.8 Å². The van der Waals surface area contributed by atoms with E-state index in [1.165, 1.54) is 0 Å². The van der Waals surface area contributed by atoms with Crippen molar-refractivity contribution in [3.05, 3.63) is 35.0 Å². The molecular weight excluding hydrogens is 208 g/mol. The average Bonchev–Trinajstić information content (AvgIpc) is 2.63. The Hall–Kier alpha value is -0.950. The molecule has 0 atom stereocenters. The lowest BCUT2D eigenvalue weighted by Gasteiger charge is -1.95. The lowest BCUT2D eigenvalue weighted by molar-refractivity contribution is 0.522. The number of fused-ring (bicyclic) bond motifs is 1. The van der Waals surface area contributed by atoms with Gasteiger partial charge >= 0.3 is 0 Å². The van der Waals surface area contributed by atoms with Gasteiger partial charge in [-0.25, -0.2) is 0 Å². The largest absolute Gasteiger partial charge is 0.461 e. The van der Waals surface area contributed by atoms with Gasteiger partial charge in [-0.2, -0.15) is 0 Å². The standard InChI is InChI=1S/C11H11ClO.C2H6/c1-7(2)11-6-8-5-9(12)3-4-10(8)13-11;1-2/h3-7H,1-2H3;1-2H3. The SMILES string of the molecule is CC.CC(C)c1cc2cc(Cl)ccc2o1. The zero-order valence-corrected chi connectivity index (χ0v) is 10.4. The van der Waals surface area contributed by atoms with Gasteiger partial charge in [-0.15, -0.1) is 0 Å². The van der Waals surface area contributed by atoms with Crippen LogP contribution in [0.2, 0.25) is 5.02 Å². The molecule has 1 aromatic carbocycles. The second-order valence-corrected chi connectivity index (χ2v) is 3.92. The topological polar surface area (TPSA) is 13.1 Å². The highest BCUT2D eigenvalue weighted by Crippen LogP contribution is 2.26. The van der Waals surface area contributed by atoms with E-state index in [-0.39, 0.29) is 0 Å². The van der Waals surface area contributed by atoms with Crippen LogP contribution in [0.3, 0.4) is 0 Å². The third-order valence-electron chi connectivity index (χ3n) is 2.07. The summed E-state index contributed by atoms with van der Waals surface area (Å²) in [6.07, 6.45) is 0. The molecule has 0 fully saturated rings. The number of rotatable bonds is 1. The van der Waals surface area contributed by atoms with Crippen LogP contribution in [0.5, 0.6) is 0 Å². The van der Waals surface area contributed by atoms with E-state index in [4.69, 9.17) is 16.0 Å². The zero-order chi connectivity index (χ0) is 11.4. The molecule has 0 aliphatic heterocycles. The molecule has 0 bridgehead atoms. The van der Waals surface area contributed by atoms with E-state index in [0.717, 1.165) is 21.8 Å². The van der Waals surface area contributed by atoms with Crippen LogP contribution < -0.4 is 0 Å². The Morgan fingerprint density at radius 3 is 2.40 bits per heavy atom. The zero-order valence-electron chi connectivity index (χ0n) is 9.67. The second kappa shape index (κ2) is 5.22. The molecule has 0 spiro atoms. The van der Waals surface area contributed by atoms with Crippen molar-refractivity contribution in [2.45, 2.75) is 33.6 Å². The maximum Gasteiger partial charge on any atom is 0.134 e. The van der Waals surface area contributed by atoms with Crippen LogP contribution >= 0.6 is 11.6 Å². The van der Waals surface area contributed by atoms with Crippen LogP contribution in [0.1, 0.15) is 39.4 Å². The van der Waals surface area contributed by atoms with E-state index in [1.54, 1.807) is 0 Å². The predicted molar refractivity (Wildman–Crippen MR) is 66.7 cm³/mol. The van der Waals surface area contributed by atoms with E-state index in [0.29, 0.717) is 5.92 Å². The Balaban J connectivity index is 0.000000531. The van der Waals surface area contributed by atoms with Gasteiger partial charge in [-0.1, -0.05) is 39.3 Å². The van der Waals surface area contributed by atoms with Gasteiger partial charge in [0.25, 0.3) is 0 Å². The molecule has 2 aromatic rings. The van der Waals surface area contributed by atoms with Crippen LogP contribution in [0.25, 0.3) is 11.0 Å². The van der Waals surface area contributed by atoms with Gasteiger partial charge < -0.3 is 4.42 Å². The maximum absolute atomic E-state index is 5.87. The Morgan fingerprint density at radius 2 is 1.80 bits per heavy atom. The first kappa shape index (κ1) is 12.1. The van der Waals surface area contributed by atoms with Crippen molar-refractivity contribution >= 4 is 22.6 Å². The predicted octanol–water partition coefficient (Wildman–Crippen LogP) is 5.24. The van der Waals surface area contributed by atoms with E-state index < -0.39 is 0 Å². The van der Waals surface area contributed by atoms with Crippen molar-refractivity contribution in [2.24, 2.45) is 0 Å². The quantitative estimate of drug-likeness (QED) is 0.646. The van der Waals surface area contributed by atoms with Gasteiger partial charge in [0.15, 0.2) is 0 Å². The van der Waals surface area contributed by atoms with Gasteiger partial charge in [0.1, 0.15) is 11.3 Å². The molecule has 1 heterocycles. The molecule has 2 heteroatoms. The van der Waals surface area contributed by atoms with Crippen LogP contribution in [0.15, 0.2) is 28.7 Å². The third kappa shape index (κ3) is 2.75. The van der Waals surface area contributed by atoms with Gasteiger partial charge in [0, 0.05) is 16.3 Å². The van der Waals surface area contributed by atoms with Crippen molar-refractivity contribution < 1.29 is 4.42 Å². The van der Waals surface area contributed by atoms with Crippen molar-refractivity contribution in [1.82, 2.24) is 0 Å². The number of benzene rings is 1. The van der Waals surface area contributed by atoms with Crippen LogP contribution in [0.4, 0.5) is 0 Å². The lowest BCUT2D eigenvalue weighted by atomic mass is 10.1. The summed E-state index contributed by atoms with van der Waals surface area (Å²) in [4.78, 5) is 0. The summed E-state index contributed by atoms with van der Waals surface area (Å²) in [5.74, 6) is 1.43. The minimum atomic E-state index is 0.422. The first-order valence-corrected chi connectivity index (χ1v) is 5.73. The van der Waals surface area contributed by atoms with Crippen molar-refractivity contribution in [1.29, 1.82) is 0 Å². The summed E-state index contributed by atoms with van der Waals surface area (Å²) >= 11 is 5.87. The molecule has 0 unspecified atom stereocenters. The third-order valence-corrected chi connectivity index (χ3v) is 2.30. The lowest BCUT2D eigenvalue weighted by Crippen LogP contribution is -1.79. The highest BCUT2D eigenvalue weighted by atomic mass is 35.5. The highest BCUT2D eigenvalue weighted by molar-refractivity contribution is 6.31. The van der Waals surface area contributed by atoms with Crippen molar-refractivity contribution in [2.75, 3.05) is 0 Å². The number of halogens is 1. The molecule has 0 aliphatic rings. The number of hydrogen-bond donors (Lipinski definition) is 0. The normalized spacial score (nSPS) is 10.3. The van der Waals surface area contributed by atoms with Crippen LogP contribution in [0, 0.1) is 0 Å². The summed E-state index contributed by atoms with van der Waals surface area (Å²) in [5.41, 5.74) is 0.910. The van der Waals surface area contributed by atoms with Crippen LogP contribution in [-0.4, -0.2) is 0 Å². The summed E-state index contributed by atoms with van der Waals surface area (Å²) in [6.45, 7) is 8.22. The molecule has 1 aromatic heterocycles. The first-order chi connectivity index (χ1) is 7.16. The molecule has 0 aliphatic carbocycles. The minimum absolute atomic E-state index is 0.422. The maximum atomic E-state index is 5.87. The van der Waals surface area contributed by atoms with E-state index in [9.17, 15) is 0 Å². The molecule has 0 saturated heterocycles. The van der Waals surface area contributed by atoms with Gasteiger partial charge in [-0.3, -0.25) is 0 Å². The first-order valence-electron chi connectivity index (χ1n) is 5.36. The molecule has 1 nitrogen and oxygen atoms in total. The fourth-order valence-electron chi connectivity index (χ4n) is 1.32. The van der Waals surface area contributed by atoms with E-state index >= 15 is 0 Å². The average molecular weight is 225 g/mol. The van der Waals surface area contributed by atoms with Gasteiger partial charge in [0.2, 0.25) is 0 Å². The fraction of sp³-hybridized carbons (Fsp3) is 0.385. The Morgan fingerprint density at radius 1 is 1.13 bits per heavy atom. The number of hydrogen-bond acceptors (Lipinski definition) is 1. The van der Waals surface area contributed by atoms with Crippen molar-refractivity contribution in [3.8, 4) is 0 Å². The molecule has 0 radical (unpaired) electrons. The number of furan rings is 1. The molecule has 0 amide bonds. The molecule has 15 heavy (non-hydrogen) atoms. The molecule has 0 saturated carbocycles. The Labute approximate surface area is 96.0 Å². The molecular formula is C13H17ClO. The molecule has 82 valence electrons. The van der Waals surface area contributed by atoms with Gasteiger partial charge in [0.05, 0.1) is 0 Å². The monoisotopic (exact) mass is 224 g/mol. The summed E-state index contributed by atoms with van der Waals surface area (Å²) < 4.78 is 5.63. The highest BCUT2D eigenvalue weighted by Gasteiger charge is 2.06. The van der Waals surface area contributed by atoms with Crippen LogP contribution in [-0.2, 0) is 0 Å². The van der Waals surface area contributed by atoms with Gasteiger partial charge in [-0.05, 0) is 24.3 Å². The summed E-state index contributed by atoms with van der Waals surface area (Å²) in [6, 6.07) is 7.72. The smallest absolute Gasteiger partial charge is 0.134 e. The molecule has 0 N–H and O–H groups in total. The summed E-state index contributed by atoms with van der Waals surface area (Å²) in [5, 5.41) is 1.83. The van der Waals surface area contributed by atoms with E-state index in [1.807, 2.05) is 38.1 Å². The fourth-order valence-corrected chi connectivity index (χ4v) is 1.50. The summed E-state index contributed by atoms with van der Waals surface area (Å²) in [7, 11) is 0.